The number of aliphatic hydroxyl groups excluding tert-OH is 2. The molecule has 0 aliphatic carbocycles. The molecule has 0 spiro atoms. The van der Waals surface area contributed by atoms with Crippen LogP contribution in [-0.2, 0) is 0 Å². The molecule has 0 radical (unpaired) electrons. The number of nitrogens with two attached hydrogens (primary N) is 1. The fourth-order valence-corrected chi connectivity index (χ4v) is 1.73. The van der Waals surface area contributed by atoms with Gasteiger partial charge in [0.15, 0.2) is 0 Å². The minimum atomic E-state index is -1.27. The van der Waals surface area contributed by atoms with Gasteiger partial charge in [0.25, 0.3) is 5.69 Å². The number of anilines is 1. The lowest BCUT2D eigenvalue weighted by molar-refractivity contribution is -0.384. The van der Waals surface area contributed by atoms with E-state index in [-0.39, 0.29) is 23.5 Å². The quantitative estimate of drug-likeness (QED) is 0.336. The lowest BCUT2D eigenvalue weighted by Gasteiger charge is -2.19. The van der Waals surface area contributed by atoms with E-state index in [1.807, 2.05) is 0 Å². The average molecular weight is 255 g/mol. The molecule has 0 saturated heterocycles. The van der Waals surface area contributed by atoms with E-state index in [4.69, 9.17) is 5.73 Å². The SMILES string of the molecule is CNCC(O)C(O)c1cc(C)cc([N+](=O)[O-])c1N. The summed E-state index contributed by atoms with van der Waals surface area (Å²) in [5.74, 6) is 0. The number of aliphatic hydroxyl groups is 2. The van der Waals surface area contributed by atoms with Gasteiger partial charge in [-0.3, -0.25) is 10.1 Å². The number of hydrogen-bond donors (Lipinski definition) is 4. The van der Waals surface area contributed by atoms with Crippen molar-refractivity contribution in [3.8, 4) is 0 Å². The monoisotopic (exact) mass is 255 g/mol. The van der Waals surface area contributed by atoms with Crippen LogP contribution in [-0.4, -0.2) is 34.8 Å². The van der Waals surface area contributed by atoms with Crippen molar-refractivity contribution in [2.24, 2.45) is 0 Å². The second-order valence-corrected chi connectivity index (χ2v) is 4.11. The van der Waals surface area contributed by atoms with Crippen molar-refractivity contribution in [3.05, 3.63) is 33.4 Å². The molecule has 0 fully saturated rings. The van der Waals surface area contributed by atoms with E-state index in [0.717, 1.165) is 0 Å². The Labute approximate surface area is 104 Å². The number of nitrogen functional groups attached to an aromatic ring is 1. The number of nitro groups is 1. The summed E-state index contributed by atoms with van der Waals surface area (Å²) in [7, 11) is 1.62. The van der Waals surface area contributed by atoms with Crippen LogP contribution in [0.15, 0.2) is 12.1 Å². The van der Waals surface area contributed by atoms with Crippen molar-refractivity contribution in [2.45, 2.75) is 19.1 Å². The summed E-state index contributed by atoms with van der Waals surface area (Å²) in [6.45, 7) is 1.81. The van der Waals surface area contributed by atoms with Crippen molar-refractivity contribution in [2.75, 3.05) is 19.3 Å². The van der Waals surface area contributed by atoms with E-state index in [0.29, 0.717) is 5.56 Å². The van der Waals surface area contributed by atoms with Crippen LogP contribution in [0.3, 0.4) is 0 Å². The molecule has 2 unspecified atom stereocenters. The molecule has 0 heterocycles. The van der Waals surface area contributed by atoms with Gasteiger partial charge in [0.2, 0.25) is 0 Å². The van der Waals surface area contributed by atoms with Gasteiger partial charge in [-0.1, -0.05) is 6.07 Å². The predicted octanol–water partition coefficient (Wildman–Crippen LogP) is 0.0991. The molecule has 1 aromatic carbocycles. The Kier molecular flexibility index (Phi) is 4.60. The molecule has 0 saturated carbocycles. The zero-order valence-electron chi connectivity index (χ0n) is 10.3. The molecule has 7 heteroatoms. The Morgan fingerprint density at radius 1 is 1.50 bits per heavy atom. The van der Waals surface area contributed by atoms with Crippen molar-refractivity contribution in [3.63, 3.8) is 0 Å². The first-order valence-corrected chi connectivity index (χ1v) is 5.43. The standard InChI is InChI=1S/C11H17N3O4/c1-6-3-7(11(16)9(15)5-13-2)10(12)8(4-6)14(17)18/h3-4,9,11,13,15-16H,5,12H2,1-2H3. The van der Waals surface area contributed by atoms with E-state index in [1.165, 1.54) is 12.1 Å². The average Bonchev–Trinajstić information content (AvgIpc) is 2.30. The zero-order valence-corrected chi connectivity index (χ0v) is 10.3. The van der Waals surface area contributed by atoms with Gasteiger partial charge in [-0.2, -0.15) is 0 Å². The highest BCUT2D eigenvalue weighted by Gasteiger charge is 2.25. The molecule has 0 aromatic heterocycles. The van der Waals surface area contributed by atoms with Crippen LogP contribution in [0, 0.1) is 17.0 Å². The third-order valence-electron chi connectivity index (χ3n) is 2.63. The van der Waals surface area contributed by atoms with Crippen molar-refractivity contribution in [1.29, 1.82) is 0 Å². The minimum absolute atomic E-state index is 0.117. The Hall–Kier alpha value is -1.70. The predicted molar refractivity (Wildman–Crippen MR) is 67.1 cm³/mol. The lowest BCUT2D eigenvalue weighted by atomic mass is 9.99. The van der Waals surface area contributed by atoms with Crippen LogP contribution >= 0.6 is 0 Å². The minimum Gasteiger partial charge on any atom is -0.393 e. The topological polar surface area (TPSA) is 122 Å². The van der Waals surface area contributed by atoms with Crippen LogP contribution in [0.5, 0.6) is 0 Å². The molecule has 0 bridgehead atoms. The molecular formula is C11H17N3O4. The largest absolute Gasteiger partial charge is 0.393 e. The van der Waals surface area contributed by atoms with Crippen molar-refractivity contribution in [1.82, 2.24) is 5.32 Å². The van der Waals surface area contributed by atoms with Crippen LogP contribution in [0.25, 0.3) is 0 Å². The van der Waals surface area contributed by atoms with Crippen LogP contribution in [0.2, 0.25) is 0 Å². The van der Waals surface area contributed by atoms with Crippen LogP contribution < -0.4 is 11.1 Å². The van der Waals surface area contributed by atoms with Gasteiger partial charge in [0, 0.05) is 18.2 Å². The number of likely N-dealkylation sites (N-methyl/N-ethyl adjacent to an activating group) is 1. The Morgan fingerprint density at radius 3 is 2.61 bits per heavy atom. The molecule has 5 N–H and O–H groups in total. The number of rotatable bonds is 5. The fourth-order valence-electron chi connectivity index (χ4n) is 1.73. The molecule has 1 rings (SSSR count). The summed E-state index contributed by atoms with van der Waals surface area (Å²) in [6.07, 6.45) is -2.35. The van der Waals surface area contributed by atoms with Crippen molar-refractivity contribution < 1.29 is 15.1 Å². The van der Waals surface area contributed by atoms with Gasteiger partial charge < -0.3 is 21.3 Å². The molecule has 2 atom stereocenters. The normalized spacial score (nSPS) is 14.2. The van der Waals surface area contributed by atoms with Gasteiger partial charge >= 0.3 is 0 Å². The summed E-state index contributed by atoms with van der Waals surface area (Å²) in [6, 6.07) is 2.86. The number of nitrogens with zero attached hydrogens (tertiary/aromatic N) is 1. The van der Waals surface area contributed by atoms with Gasteiger partial charge in [0.1, 0.15) is 11.8 Å². The number of hydrogen-bond acceptors (Lipinski definition) is 6. The summed E-state index contributed by atoms with van der Waals surface area (Å²) in [5, 5.41) is 33.1. The molecule has 0 aliphatic heterocycles. The van der Waals surface area contributed by atoms with Gasteiger partial charge in [0.05, 0.1) is 11.0 Å². The molecule has 100 valence electrons. The first-order chi connectivity index (χ1) is 8.38. The number of benzene rings is 1. The van der Waals surface area contributed by atoms with E-state index in [2.05, 4.69) is 5.32 Å². The summed E-state index contributed by atoms with van der Waals surface area (Å²) in [4.78, 5) is 10.2. The first kappa shape index (κ1) is 14.4. The third kappa shape index (κ3) is 2.95. The number of aryl methyl sites for hydroxylation is 1. The molecule has 0 aliphatic rings. The highest BCUT2D eigenvalue weighted by Crippen LogP contribution is 2.32. The Bertz CT molecular complexity index is 450. The van der Waals surface area contributed by atoms with Crippen molar-refractivity contribution >= 4 is 11.4 Å². The molecule has 0 amide bonds. The van der Waals surface area contributed by atoms with Gasteiger partial charge in [-0.15, -0.1) is 0 Å². The summed E-state index contributed by atoms with van der Waals surface area (Å²) >= 11 is 0. The van der Waals surface area contributed by atoms with Gasteiger partial charge in [-0.25, -0.2) is 0 Å². The number of nitro benzene ring substituents is 1. The zero-order chi connectivity index (χ0) is 13.9. The highest BCUT2D eigenvalue weighted by atomic mass is 16.6. The van der Waals surface area contributed by atoms with Crippen LogP contribution in [0.1, 0.15) is 17.2 Å². The summed E-state index contributed by atoms with van der Waals surface area (Å²) in [5.41, 5.74) is 6.04. The maximum Gasteiger partial charge on any atom is 0.292 e. The Morgan fingerprint density at radius 2 is 2.11 bits per heavy atom. The fraction of sp³-hybridized carbons (Fsp3) is 0.455. The second kappa shape index (κ2) is 5.76. The maximum atomic E-state index is 10.8. The molecule has 7 nitrogen and oxygen atoms in total. The maximum absolute atomic E-state index is 10.8. The van der Waals surface area contributed by atoms with Crippen LogP contribution in [0.4, 0.5) is 11.4 Å². The molecule has 1 aromatic rings. The smallest absolute Gasteiger partial charge is 0.292 e. The second-order valence-electron chi connectivity index (χ2n) is 4.11. The van der Waals surface area contributed by atoms with E-state index < -0.39 is 17.1 Å². The van der Waals surface area contributed by atoms with E-state index >= 15 is 0 Å². The summed E-state index contributed by atoms with van der Waals surface area (Å²) < 4.78 is 0. The van der Waals surface area contributed by atoms with Gasteiger partial charge in [-0.05, 0) is 19.5 Å². The first-order valence-electron chi connectivity index (χ1n) is 5.43. The molecule has 18 heavy (non-hydrogen) atoms. The Balaban J connectivity index is 3.19. The lowest BCUT2D eigenvalue weighted by Crippen LogP contribution is -2.30. The van der Waals surface area contributed by atoms with E-state index in [9.17, 15) is 20.3 Å². The third-order valence-corrected chi connectivity index (χ3v) is 2.63. The van der Waals surface area contributed by atoms with E-state index in [1.54, 1.807) is 14.0 Å². The molecular weight excluding hydrogens is 238 g/mol. The number of nitrogens with one attached hydrogen (secondary N) is 1. The highest BCUT2D eigenvalue weighted by molar-refractivity contribution is 5.65.